The average Bonchev–Trinajstić information content (AvgIpc) is 3.70. The molecule has 41 heavy (non-hydrogen) atoms. The van der Waals surface area contributed by atoms with Gasteiger partial charge in [0.1, 0.15) is 17.0 Å². The minimum absolute atomic E-state index is 0.914. The van der Waals surface area contributed by atoms with Crippen molar-refractivity contribution >= 4 is 54.8 Å². The SMILES string of the molecule is c1ccc(-c2nc3ccccc3n2-c2ccc(-n3c4ccccc4c4cc5oc6ccccc6c5cc43)cc2)cc1. The van der Waals surface area contributed by atoms with Gasteiger partial charge in [0, 0.05) is 38.5 Å². The molecule has 0 spiro atoms. The van der Waals surface area contributed by atoms with Crippen molar-refractivity contribution in [3.05, 3.63) is 140 Å². The van der Waals surface area contributed by atoms with Crippen molar-refractivity contribution in [1.82, 2.24) is 14.1 Å². The number of nitrogens with zero attached hydrogens (tertiary/aromatic N) is 3. The fourth-order valence-electron chi connectivity index (χ4n) is 6.28. The monoisotopic (exact) mass is 525 g/mol. The van der Waals surface area contributed by atoms with Crippen LogP contribution in [0.15, 0.2) is 144 Å². The molecule has 0 aliphatic heterocycles. The number of hydrogen-bond acceptors (Lipinski definition) is 2. The van der Waals surface area contributed by atoms with Crippen LogP contribution in [-0.4, -0.2) is 14.1 Å². The minimum Gasteiger partial charge on any atom is -0.456 e. The van der Waals surface area contributed by atoms with Crippen molar-refractivity contribution < 1.29 is 4.42 Å². The predicted octanol–water partition coefficient (Wildman–Crippen LogP) is 9.69. The van der Waals surface area contributed by atoms with Crippen LogP contribution < -0.4 is 0 Å². The van der Waals surface area contributed by atoms with Crippen LogP contribution in [0.1, 0.15) is 0 Å². The van der Waals surface area contributed by atoms with Crippen LogP contribution in [0.2, 0.25) is 0 Å². The van der Waals surface area contributed by atoms with Gasteiger partial charge in [0.25, 0.3) is 0 Å². The summed E-state index contributed by atoms with van der Waals surface area (Å²) in [6.07, 6.45) is 0. The van der Waals surface area contributed by atoms with Crippen molar-refractivity contribution in [3.8, 4) is 22.8 Å². The van der Waals surface area contributed by atoms with Crippen LogP contribution in [0.3, 0.4) is 0 Å². The van der Waals surface area contributed by atoms with E-state index in [-0.39, 0.29) is 0 Å². The number of aromatic nitrogens is 3. The first-order valence-electron chi connectivity index (χ1n) is 13.8. The van der Waals surface area contributed by atoms with Crippen molar-refractivity contribution in [3.63, 3.8) is 0 Å². The van der Waals surface area contributed by atoms with Crippen molar-refractivity contribution in [1.29, 1.82) is 0 Å². The summed E-state index contributed by atoms with van der Waals surface area (Å²) in [5, 5.41) is 4.66. The van der Waals surface area contributed by atoms with Gasteiger partial charge in [-0.2, -0.15) is 0 Å². The Morgan fingerprint density at radius 3 is 1.93 bits per heavy atom. The second-order valence-electron chi connectivity index (χ2n) is 10.5. The van der Waals surface area contributed by atoms with Gasteiger partial charge < -0.3 is 8.98 Å². The molecule has 6 aromatic carbocycles. The standard InChI is InChI=1S/C37H23N3O/c1-2-10-24(11-3-1)37-38-31-14-6-8-16-33(31)40(37)26-20-18-25(19-21-26)39-32-15-7-4-12-27(32)29-23-36-30(22-34(29)39)28-13-5-9-17-35(28)41-36/h1-23H. The van der Waals surface area contributed by atoms with Crippen LogP contribution in [-0.2, 0) is 0 Å². The Balaban J connectivity index is 1.27. The Morgan fingerprint density at radius 2 is 1.10 bits per heavy atom. The normalized spacial score (nSPS) is 11.9. The molecule has 0 N–H and O–H groups in total. The molecular formula is C37H23N3O. The van der Waals surface area contributed by atoms with E-state index >= 15 is 0 Å². The van der Waals surface area contributed by atoms with E-state index in [9.17, 15) is 0 Å². The first-order chi connectivity index (χ1) is 20.3. The summed E-state index contributed by atoms with van der Waals surface area (Å²) >= 11 is 0. The highest BCUT2D eigenvalue weighted by Crippen LogP contribution is 2.38. The van der Waals surface area contributed by atoms with Gasteiger partial charge in [-0.05, 0) is 60.7 Å². The fourth-order valence-corrected chi connectivity index (χ4v) is 6.28. The quantitative estimate of drug-likeness (QED) is 0.230. The molecule has 192 valence electrons. The van der Waals surface area contributed by atoms with Crippen molar-refractivity contribution in [2.24, 2.45) is 0 Å². The molecule has 0 amide bonds. The maximum atomic E-state index is 6.25. The summed E-state index contributed by atoms with van der Waals surface area (Å²) in [6.45, 7) is 0. The summed E-state index contributed by atoms with van der Waals surface area (Å²) < 4.78 is 10.9. The lowest BCUT2D eigenvalue weighted by molar-refractivity contribution is 0.669. The van der Waals surface area contributed by atoms with Crippen molar-refractivity contribution in [2.45, 2.75) is 0 Å². The summed E-state index contributed by atoms with van der Waals surface area (Å²) in [4.78, 5) is 5.01. The van der Waals surface area contributed by atoms with Crippen LogP contribution in [0.4, 0.5) is 0 Å². The molecule has 0 saturated heterocycles. The molecule has 9 aromatic rings. The molecule has 4 nitrogen and oxygen atoms in total. The number of fused-ring (bicyclic) bond motifs is 7. The lowest BCUT2D eigenvalue weighted by Gasteiger charge is -2.12. The number of imidazole rings is 1. The maximum absolute atomic E-state index is 6.25. The third kappa shape index (κ3) is 3.25. The molecule has 0 saturated carbocycles. The Labute approximate surface area is 235 Å². The van der Waals surface area contributed by atoms with E-state index in [1.54, 1.807) is 0 Å². The Morgan fingerprint density at radius 1 is 0.439 bits per heavy atom. The third-order valence-corrected chi connectivity index (χ3v) is 8.13. The number of hydrogen-bond donors (Lipinski definition) is 0. The Kier molecular flexibility index (Phi) is 4.58. The van der Waals surface area contributed by atoms with Crippen molar-refractivity contribution in [2.75, 3.05) is 0 Å². The minimum atomic E-state index is 0.914. The summed E-state index contributed by atoms with van der Waals surface area (Å²) in [5.74, 6) is 0.936. The molecule has 0 fully saturated rings. The molecule has 0 radical (unpaired) electrons. The van der Waals surface area contributed by atoms with E-state index in [1.165, 1.54) is 16.3 Å². The zero-order valence-corrected chi connectivity index (χ0v) is 22.0. The van der Waals surface area contributed by atoms with Crippen LogP contribution in [0.5, 0.6) is 0 Å². The van der Waals surface area contributed by atoms with E-state index in [1.807, 2.05) is 24.3 Å². The highest BCUT2D eigenvalue weighted by Gasteiger charge is 2.17. The van der Waals surface area contributed by atoms with Crippen LogP contribution in [0, 0.1) is 0 Å². The van der Waals surface area contributed by atoms with Gasteiger partial charge >= 0.3 is 0 Å². The molecule has 0 aliphatic carbocycles. The second-order valence-corrected chi connectivity index (χ2v) is 10.5. The number of rotatable bonds is 3. The van der Waals surface area contributed by atoms with E-state index in [0.29, 0.717) is 0 Å². The molecule has 0 bridgehead atoms. The van der Waals surface area contributed by atoms with Crippen LogP contribution in [0.25, 0.3) is 77.5 Å². The van der Waals surface area contributed by atoms with Gasteiger partial charge in [-0.15, -0.1) is 0 Å². The lowest BCUT2D eigenvalue weighted by Crippen LogP contribution is -1.99. The van der Waals surface area contributed by atoms with Gasteiger partial charge in [-0.3, -0.25) is 4.57 Å². The zero-order chi connectivity index (χ0) is 26.9. The van der Waals surface area contributed by atoms with E-state index in [4.69, 9.17) is 9.40 Å². The zero-order valence-electron chi connectivity index (χ0n) is 22.0. The summed E-state index contributed by atoms with van der Waals surface area (Å²) in [6, 6.07) is 48.9. The largest absolute Gasteiger partial charge is 0.456 e. The van der Waals surface area contributed by atoms with E-state index < -0.39 is 0 Å². The highest BCUT2D eigenvalue weighted by atomic mass is 16.3. The van der Waals surface area contributed by atoms with Gasteiger partial charge in [-0.25, -0.2) is 4.98 Å². The first-order valence-corrected chi connectivity index (χ1v) is 13.8. The number of benzene rings is 6. The van der Waals surface area contributed by atoms with E-state index in [2.05, 4.69) is 124 Å². The molecular weight excluding hydrogens is 502 g/mol. The molecule has 0 atom stereocenters. The predicted molar refractivity (Wildman–Crippen MR) is 168 cm³/mol. The van der Waals surface area contributed by atoms with Gasteiger partial charge in [0.2, 0.25) is 0 Å². The molecule has 3 aromatic heterocycles. The van der Waals surface area contributed by atoms with Gasteiger partial charge in [-0.1, -0.05) is 78.9 Å². The molecule has 4 heteroatoms. The molecule has 0 aliphatic rings. The number of para-hydroxylation sites is 4. The van der Waals surface area contributed by atoms with Gasteiger partial charge in [0.05, 0.1) is 22.1 Å². The highest BCUT2D eigenvalue weighted by molar-refractivity contribution is 6.17. The van der Waals surface area contributed by atoms with E-state index in [0.717, 1.165) is 61.3 Å². The maximum Gasteiger partial charge on any atom is 0.145 e. The second kappa shape index (κ2) is 8.44. The molecule has 9 rings (SSSR count). The summed E-state index contributed by atoms with van der Waals surface area (Å²) in [5.41, 5.74) is 9.50. The smallest absolute Gasteiger partial charge is 0.145 e. The average molecular weight is 526 g/mol. The van der Waals surface area contributed by atoms with Gasteiger partial charge in [0.15, 0.2) is 0 Å². The fraction of sp³-hybridized carbons (Fsp3) is 0. The molecule has 3 heterocycles. The van der Waals surface area contributed by atoms with Crippen LogP contribution >= 0.6 is 0 Å². The molecule has 0 unspecified atom stereocenters. The third-order valence-electron chi connectivity index (χ3n) is 8.13. The Bertz CT molecular complexity index is 2410. The Hall–Kier alpha value is -5.61. The summed E-state index contributed by atoms with van der Waals surface area (Å²) in [7, 11) is 0. The number of furan rings is 1. The first kappa shape index (κ1) is 22.2. The topological polar surface area (TPSA) is 35.9 Å². The lowest BCUT2D eigenvalue weighted by atomic mass is 10.1.